The highest BCUT2D eigenvalue weighted by atomic mass is 35.5. The Kier molecular flexibility index (Phi) is 6.43. The van der Waals surface area contributed by atoms with E-state index in [4.69, 9.17) is 23.2 Å². The standard InChI is InChI=1S/C18H19Cl2FN4O/c19-15-10-14(21)4-3-13(15)11-24-6-8-25(9-7-24)12-17(26)23-16-2-1-5-22-18(16)20/h1-5,10H,6-9,11-12H2,(H,23,26). The molecule has 1 aliphatic rings. The first-order chi connectivity index (χ1) is 12.5. The Morgan fingerprint density at radius 2 is 1.88 bits per heavy atom. The van der Waals surface area contributed by atoms with E-state index in [0.717, 1.165) is 31.7 Å². The van der Waals surface area contributed by atoms with Crippen molar-refractivity contribution in [2.24, 2.45) is 0 Å². The lowest BCUT2D eigenvalue weighted by atomic mass is 10.2. The van der Waals surface area contributed by atoms with E-state index < -0.39 is 0 Å². The maximum atomic E-state index is 13.1. The normalized spacial score (nSPS) is 15.8. The van der Waals surface area contributed by atoms with Gasteiger partial charge in [-0.05, 0) is 29.8 Å². The van der Waals surface area contributed by atoms with Crippen LogP contribution >= 0.6 is 23.2 Å². The van der Waals surface area contributed by atoms with Crippen LogP contribution in [-0.4, -0.2) is 53.4 Å². The summed E-state index contributed by atoms with van der Waals surface area (Å²) >= 11 is 12.0. The van der Waals surface area contributed by atoms with Crippen molar-refractivity contribution >= 4 is 34.8 Å². The van der Waals surface area contributed by atoms with Gasteiger partial charge >= 0.3 is 0 Å². The van der Waals surface area contributed by atoms with Gasteiger partial charge < -0.3 is 5.32 Å². The predicted molar refractivity (Wildman–Crippen MR) is 101 cm³/mol. The number of anilines is 1. The molecule has 0 unspecified atom stereocenters. The predicted octanol–water partition coefficient (Wildman–Crippen LogP) is 3.28. The maximum Gasteiger partial charge on any atom is 0.238 e. The Morgan fingerprint density at radius 1 is 1.15 bits per heavy atom. The Bertz CT molecular complexity index is 782. The Hall–Kier alpha value is -1.73. The molecule has 26 heavy (non-hydrogen) atoms. The molecule has 0 bridgehead atoms. The minimum absolute atomic E-state index is 0.116. The van der Waals surface area contributed by atoms with Crippen molar-refractivity contribution in [2.45, 2.75) is 6.54 Å². The molecule has 138 valence electrons. The summed E-state index contributed by atoms with van der Waals surface area (Å²) in [7, 11) is 0. The number of rotatable bonds is 5. The van der Waals surface area contributed by atoms with Crippen LogP contribution in [0.2, 0.25) is 10.2 Å². The summed E-state index contributed by atoms with van der Waals surface area (Å²) < 4.78 is 13.1. The van der Waals surface area contributed by atoms with Crippen LogP contribution in [0.25, 0.3) is 0 Å². The summed E-state index contributed by atoms with van der Waals surface area (Å²) in [6, 6.07) is 7.92. The molecule has 0 radical (unpaired) electrons. The number of pyridine rings is 1. The Morgan fingerprint density at radius 3 is 2.58 bits per heavy atom. The monoisotopic (exact) mass is 396 g/mol. The molecular weight excluding hydrogens is 378 g/mol. The first kappa shape index (κ1) is 19.0. The zero-order valence-electron chi connectivity index (χ0n) is 14.1. The zero-order chi connectivity index (χ0) is 18.5. The highest BCUT2D eigenvalue weighted by Crippen LogP contribution is 2.20. The quantitative estimate of drug-likeness (QED) is 0.787. The summed E-state index contributed by atoms with van der Waals surface area (Å²) in [6.45, 7) is 4.14. The van der Waals surface area contributed by atoms with Crippen LogP contribution < -0.4 is 5.32 Å². The fourth-order valence-corrected chi connectivity index (χ4v) is 3.26. The molecule has 1 aromatic heterocycles. The van der Waals surface area contributed by atoms with E-state index in [2.05, 4.69) is 20.1 Å². The van der Waals surface area contributed by atoms with Gasteiger partial charge in [0.1, 0.15) is 5.82 Å². The Labute approximate surface area is 161 Å². The van der Waals surface area contributed by atoms with Crippen molar-refractivity contribution in [3.63, 3.8) is 0 Å². The molecule has 1 fully saturated rings. The molecule has 1 aromatic carbocycles. The van der Waals surface area contributed by atoms with Gasteiger partial charge in [-0.1, -0.05) is 29.3 Å². The molecule has 1 saturated heterocycles. The largest absolute Gasteiger partial charge is 0.322 e. The summed E-state index contributed by atoms with van der Waals surface area (Å²) in [5.74, 6) is -0.446. The molecule has 0 saturated carbocycles. The van der Waals surface area contributed by atoms with E-state index in [1.165, 1.54) is 12.1 Å². The number of aromatic nitrogens is 1. The molecular formula is C18H19Cl2FN4O. The van der Waals surface area contributed by atoms with E-state index >= 15 is 0 Å². The van der Waals surface area contributed by atoms with Crippen molar-refractivity contribution in [1.82, 2.24) is 14.8 Å². The summed E-state index contributed by atoms with van der Waals surface area (Å²) in [5.41, 5.74) is 1.43. The van der Waals surface area contributed by atoms with Crippen molar-refractivity contribution in [3.05, 3.63) is 58.1 Å². The van der Waals surface area contributed by atoms with Crippen LogP contribution in [0.3, 0.4) is 0 Å². The summed E-state index contributed by atoms with van der Waals surface area (Å²) in [6.07, 6.45) is 1.57. The van der Waals surface area contributed by atoms with E-state index in [0.29, 0.717) is 23.8 Å². The number of benzene rings is 1. The maximum absolute atomic E-state index is 13.1. The van der Waals surface area contributed by atoms with Gasteiger partial charge in [-0.15, -0.1) is 0 Å². The molecule has 2 aromatic rings. The molecule has 0 aliphatic carbocycles. The fraction of sp³-hybridized carbons (Fsp3) is 0.333. The van der Waals surface area contributed by atoms with E-state index in [1.807, 2.05) is 0 Å². The van der Waals surface area contributed by atoms with Gasteiger partial charge in [0, 0.05) is 43.9 Å². The van der Waals surface area contributed by atoms with Crippen molar-refractivity contribution < 1.29 is 9.18 Å². The molecule has 0 atom stereocenters. The number of hydrogen-bond acceptors (Lipinski definition) is 4. The van der Waals surface area contributed by atoms with Crippen LogP contribution in [0, 0.1) is 5.82 Å². The number of halogens is 3. The van der Waals surface area contributed by atoms with Gasteiger partial charge in [-0.2, -0.15) is 0 Å². The van der Waals surface area contributed by atoms with Crippen LogP contribution in [0.4, 0.5) is 10.1 Å². The number of amides is 1. The lowest BCUT2D eigenvalue weighted by Crippen LogP contribution is -2.48. The molecule has 1 N–H and O–H groups in total. The first-order valence-electron chi connectivity index (χ1n) is 8.30. The SMILES string of the molecule is O=C(CN1CCN(Cc2ccc(F)cc2Cl)CC1)Nc1cccnc1Cl. The second-order valence-corrected chi connectivity index (χ2v) is 6.94. The molecule has 1 aliphatic heterocycles. The van der Waals surface area contributed by atoms with E-state index in [9.17, 15) is 9.18 Å². The lowest BCUT2D eigenvalue weighted by Gasteiger charge is -2.34. The van der Waals surface area contributed by atoms with Crippen molar-refractivity contribution in [1.29, 1.82) is 0 Å². The van der Waals surface area contributed by atoms with Crippen LogP contribution in [0.15, 0.2) is 36.5 Å². The average molecular weight is 397 g/mol. The molecule has 0 spiro atoms. The third-order valence-electron chi connectivity index (χ3n) is 4.27. The number of nitrogens with one attached hydrogen (secondary N) is 1. The van der Waals surface area contributed by atoms with Gasteiger partial charge in [0.05, 0.1) is 12.2 Å². The van der Waals surface area contributed by atoms with Crippen LogP contribution in [0.1, 0.15) is 5.56 Å². The Balaban J connectivity index is 1.46. The van der Waals surface area contributed by atoms with Gasteiger partial charge in [0.15, 0.2) is 5.15 Å². The highest BCUT2D eigenvalue weighted by Gasteiger charge is 2.20. The zero-order valence-corrected chi connectivity index (χ0v) is 15.6. The van der Waals surface area contributed by atoms with E-state index in [1.54, 1.807) is 24.4 Å². The highest BCUT2D eigenvalue weighted by molar-refractivity contribution is 6.32. The number of piperazine rings is 1. The molecule has 3 rings (SSSR count). The van der Waals surface area contributed by atoms with Crippen LogP contribution in [-0.2, 0) is 11.3 Å². The number of hydrogen-bond donors (Lipinski definition) is 1. The number of nitrogens with zero attached hydrogens (tertiary/aromatic N) is 3. The molecule has 5 nitrogen and oxygen atoms in total. The lowest BCUT2D eigenvalue weighted by molar-refractivity contribution is -0.117. The van der Waals surface area contributed by atoms with Crippen molar-refractivity contribution in [2.75, 3.05) is 38.0 Å². The third-order valence-corrected chi connectivity index (χ3v) is 4.93. The fourth-order valence-electron chi connectivity index (χ4n) is 2.87. The van der Waals surface area contributed by atoms with Gasteiger partial charge in [0.25, 0.3) is 0 Å². The smallest absolute Gasteiger partial charge is 0.238 e. The first-order valence-corrected chi connectivity index (χ1v) is 9.06. The van der Waals surface area contributed by atoms with Gasteiger partial charge in [-0.25, -0.2) is 9.37 Å². The average Bonchev–Trinajstić information content (AvgIpc) is 2.61. The van der Waals surface area contributed by atoms with E-state index in [-0.39, 0.29) is 16.9 Å². The molecule has 2 heterocycles. The number of carbonyl (C=O) groups is 1. The minimum Gasteiger partial charge on any atom is -0.322 e. The summed E-state index contributed by atoms with van der Waals surface area (Å²) in [5, 5.41) is 3.50. The molecule has 1 amide bonds. The van der Waals surface area contributed by atoms with Crippen molar-refractivity contribution in [3.8, 4) is 0 Å². The minimum atomic E-state index is -0.330. The molecule has 8 heteroatoms. The van der Waals surface area contributed by atoms with Crippen LogP contribution in [0.5, 0.6) is 0 Å². The third kappa shape index (κ3) is 5.14. The second-order valence-electron chi connectivity index (χ2n) is 6.18. The summed E-state index contributed by atoms with van der Waals surface area (Å²) in [4.78, 5) is 20.4. The van der Waals surface area contributed by atoms with Gasteiger partial charge in [0.2, 0.25) is 5.91 Å². The van der Waals surface area contributed by atoms with Gasteiger partial charge in [-0.3, -0.25) is 14.6 Å². The topological polar surface area (TPSA) is 48.5 Å². The second kappa shape index (κ2) is 8.77. The number of carbonyl (C=O) groups excluding carboxylic acids is 1.